The van der Waals surface area contributed by atoms with Crippen LogP contribution >= 0.6 is 0 Å². The minimum absolute atomic E-state index is 0.133. The Morgan fingerprint density at radius 3 is 2.57 bits per heavy atom. The van der Waals surface area contributed by atoms with Crippen molar-refractivity contribution in [3.05, 3.63) is 29.8 Å². The van der Waals surface area contributed by atoms with Gasteiger partial charge in [0.2, 0.25) is 5.82 Å². The predicted octanol–water partition coefficient (Wildman–Crippen LogP) is 3.51. The molecule has 5 nitrogen and oxygen atoms in total. The van der Waals surface area contributed by atoms with Gasteiger partial charge < -0.3 is 15.0 Å². The molecule has 2 aromatic rings. The van der Waals surface area contributed by atoms with Gasteiger partial charge in [-0.1, -0.05) is 19.0 Å². The minimum atomic E-state index is -0.596. The summed E-state index contributed by atoms with van der Waals surface area (Å²) in [5.74, 6) is 0.0919. The summed E-state index contributed by atoms with van der Waals surface area (Å²) in [6.07, 6.45) is 1.42. The van der Waals surface area contributed by atoms with Crippen molar-refractivity contribution in [2.45, 2.75) is 39.2 Å². The lowest BCUT2D eigenvalue weighted by atomic mass is 9.96. The van der Waals surface area contributed by atoms with E-state index in [9.17, 15) is 4.39 Å². The molecule has 0 unspecified atom stereocenters. The number of anilines is 1. The van der Waals surface area contributed by atoms with Crippen molar-refractivity contribution in [2.75, 3.05) is 12.3 Å². The first-order chi connectivity index (χ1) is 10.1. The highest BCUT2D eigenvalue weighted by molar-refractivity contribution is 5.58. The summed E-state index contributed by atoms with van der Waals surface area (Å²) < 4.78 is 24.9. The van der Waals surface area contributed by atoms with Crippen LogP contribution in [0.2, 0.25) is 0 Å². The number of ether oxygens (including phenoxy) is 1. The maximum atomic E-state index is 13.9. The molecule has 2 rings (SSSR count). The fourth-order valence-corrected chi connectivity index (χ4v) is 2.33. The van der Waals surface area contributed by atoms with E-state index in [4.69, 9.17) is 15.0 Å². The second-order valence-electron chi connectivity index (χ2n) is 4.80. The maximum absolute atomic E-state index is 13.9. The first kappa shape index (κ1) is 15.4. The zero-order valence-electron chi connectivity index (χ0n) is 12.5. The lowest BCUT2D eigenvalue weighted by molar-refractivity contribution is -0.0583. The largest absolute Gasteiger partial charge is 0.399 e. The molecule has 0 atom stereocenters. The predicted molar refractivity (Wildman–Crippen MR) is 78.0 cm³/mol. The molecule has 6 heteroatoms. The van der Waals surface area contributed by atoms with Gasteiger partial charge in [-0.25, -0.2) is 4.39 Å². The Kier molecular flexibility index (Phi) is 4.57. The van der Waals surface area contributed by atoms with E-state index in [0.29, 0.717) is 31.0 Å². The van der Waals surface area contributed by atoms with E-state index in [-0.39, 0.29) is 11.5 Å². The molecule has 0 bridgehead atoms. The molecule has 0 aliphatic carbocycles. The molecule has 0 spiro atoms. The molecule has 0 aliphatic rings. The van der Waals surface area contributed by atoms with E-state index < -0.39 is 11.4 Å². The van der Waals surface area contributed by atoms with Crippen LogP contribution in [-0.2, 0) is 10.3 Å². The van der Waals surface area contributed by atoms with Crippen molar-refractivity contribution >= 4 is 5.69 Å². The fraction of sp³-hybridized carbons (Fsp3) is 0.467. The van der Waals surface area contributed by atoms with Gasteiger partial charge in [0.15, 0.2) is 0 Å². The third-order valence-corrected chi connectivity index (χ3v) is 3.62. The standard InChI is InChI=1S/C15H20FN3O2/c1-4-15(5-2,20-6-3)14-18-13(21-19-14)11-8-7-10(17)9-12(11)16/h7-9H,4-6,17H2,1-3H3. The SMILES string of the molecule is CCOC(CC)(CC)c1noc(-c2ccc(N)cc2F)n1. The molecule has 21 heavy (non-hydrogen) atoms. The number of halogens is 1. The molecular weight excluding hydrogens is 273 g/mol. The summed E-state index contributed by atoms with van der Waals surface area (Å²) in [6.45, 7) is 6.46. The van der Waals surface area contributed by atoms with Gasteiger partial charge in [0.25, 0.3) is 5.89 Å². The van der Waals surface area contributed by atoms with Gasteiger partial charge >= 0.3 is 0 Å². The average molecular weight is 293 g/mol. The molecule has 0 saturated carbocycles. The van der Waals surface area contributed by atoms with Gasteiger partial charge in [-0.15, -0.1) is 0 Å². The molecule has 0 fully saturated rings. The third-order valence-electron chi connectivity index (χ3n) is 3.62. The lowest BCUT2D eigenvalue weighted by Crippen LogP contribution is -2.29. The van der Waals surface area contributed by atoms with Crippen LogP contribution < -0.4 is 5.73 Å². The average Bonchev–Trinajstić information content (AvgIpc) is 2.95. The zero-order valence-corrected chi connectivity index (χ0v) is 12.5. The molecule has 0 aliphatic heterocycles. The number of benzene rings is 1. The molecule has 0 amide bonds. The molecule has 114 valence electrons. The number of nitrogen functional groups attached to an aromatic ring is 1. The molecular formula is C15H20FN3O2. The van der Waals surface area contributed by atoms with Crippen LogP contribution in [0.15, 0.2) is 22.7 Å². The second-order valence-corrected chi connectivity index (χ2v) is 4.80. The van der Waals surface area contributed by atoms with Crippen molar-refractivity contribution < 1.29 is 13.7 Å². The van der Waals surface area contributed by atoms with E-state index in [1.54, 1.807) is 6.07 Å². The number of nitrogens with two attached hydrogens (primary N) is 1. The van der Waals surface area contributed by atoms with Crippen molar-refractivity contribution in [3.63, 3.8) is 0 Å². The Bertz CT molecular complexity index is 609. The van der Waals surface area contributed by atoms with E-state index in [2.05, 4.69) is 10.1 Å². The monoisotopic (exact) mass is 293 g/mol. The van der Waals surface area contributed by atoms with Gasteiger partial charge in [0, 0.05) is 12.3 Å². The highest BCUT2D eigenvalue weighted by Crippen LogP contribution is 2.33. The summed E-state index contributed by atoms with van der Waals surface area (Å²) in [7, 11) is 0. The highest BCUT2D eigenvalue weighted by Gasteiger charge is 2.34. The van der Waals surface area contributed by atoms with Gasteiger partial charge in [-0.2, -0.15) is 4.98 Å². The van der Waals surface area contributed by atoms with Crippen molar-refractivity contribution in [2.24, 2.45) is 0 Å². The molecule has 1 aromatic heterocycles. The first-order valence-electron chi connectivity index (χ1n) is 7.09. The minimum Gasteiger partial charge on any atom is -0.399 e. The van der Waals surface area contributed by atoms with E-state index in [0.717, 1.165) is 0 Å². The van der Waals surface area contributed by atoms with Crippen LogP contribution in [0.5, 0.6) is 0 Å². The molecule has 0 saturated heterocycles. The number of nitrogens with zero attached hydrogens (tertiary/aromatic N) is 2. The number of hydrogen-bond donors (Lipinski definition) is 1. The first-order valence-corrected chi connectivity index (χ1v) is 7.09. The number of aromatic nitrogens is 2. The summed E-state index contributed by atoms with van der Waals surface area (Å²) in [6, 6.07) is 4.36. The number of hydrogen-bond acceptors (Lipinski definition) is 5. The Labute approximate surface area is 123 Å². The van der Waals surface area contributed by atoms with Gasteiger partial charge in [-0.05, 0) is 38.0 Å². The van der Waals surface area contributed by atoms with E-state index in [1.807, 2.05) is 20.8 Å². The molecule has 0 radical (unpaired) electrons. The van der Waals surface area contributed by atoms with Gasteiger partial charge in [0.1, 0.15) is 11.4 Å². The van der Waals surface area contributed by atoms with Gasteiger partial charge in [-0.3, -0.25) is 0 Å². The van der Waals surface area contributed by atoms with Crippen molar-refractivity contribution in [3.8, 4) is 11.5 Å². The van der Waals surface area contributed by atoms with Crippen LogP contribution in [-0.4, -0.2) is 16.7 Å². The number of rotatable bonds is 6. The fourth-order valence-electron chi connectivity index (χ4n) is 2.33. The van der Waals surface area contributed by atoms with Crippen LogP contribution in [0.25, 0.3) is 11.5 Å². The van der Waals surface area contributed by atoms with E-state index >= 15 is 0 Å². The summed E-state index contributed by atoms with van der Waals surface area (Å²) in [5.41, 5.74) is 5.53. The lowest BCUT2D eigenvalue weighted by Gasteiger charge is -2.27. The zero-order chi connectivity index (χ0) is 15.5. The van der Waals surface area contributed by atoms with Crippen molar-refractivity contribution in [1.82, 2.24) is 10.1 Å². The van der Waals surface area contributed by atoms with Gasteiger partial charge in [0.05, 0.1) is 5.56 Å². The molecule has 2 N–H and O–H groups in total. The quantitative estimate of drug-likeness (QED) is 0.825. The topological polar surface area (TPSA) is 74.2 Å². The highest BCUT2D eigenvalue weighted by atomic mass is 19.1. The Morgan fingerprint density at radius 1 is 1.29 bits per heavy atom. The summed E-state index contributed by atoms with van der Waals surface area (Å²) >= 11 is 0. The van der Waals surface area contributed by atoms with Crippen LogP contribution in [0, 0.1) is 5.82 Å². The smallest absolute Gasteiger partial charge is 0.261 e. The Balaban J connectivity index is 2.40. The normalized spacial score (nSPS) is 11.8. The Hall–Kier alpha value is -1.95. The van der Waals surface area contributed by atoms with Crippen LogP contribution in [0.3, 0.4) is 0 Å². The summed E-state index contributed by atoms with van der Waals surface area (Å²) in [4.78, 5) is 4.32. The summed E-state index contributed by atoms with van der Waals surface area (Å²) in [5, 5.41) is 3.98. The van der Waals surface area contributed by atoms with Crippen LogP contribution in [0.1, 0.15) is 39.4 Å². The molecule has 1 aromatic carbocycles. The van der Waals surface area contributed by atoms with Crippen LogP contribution in [0.4, 0.5) is 10.1 Å². The second kappa shape index (κ2) is 6.22. The third kappa shape index (κ3) is 2.90. The van der Waals surface area contributed by atoms with E-state index in [1.165, 1.54) is 12.1 Å². The maximum Gasteiger partial charge on any atom is 0.261 e. The van der Waals surface area contributed by atoms with Crippen molar-refractivity contribution in [1.29, 1.82) is 0 Å². The Morgan fingerprint density at radius 2 is 2.00 bits per heavy atom. The molecule has 1 heterocycles.